The topological polar surface area (TPSA) is 21.3 Å². The van der Waals surface area contributed by atoms with Gasteiger partial charge in [-0.2, -0.15) is 11.3 Å². The van der Waals surface area contributed by atoms with Crippen molar-refractivity contribution >= 4 is 11.3 Å². The largest absolute Gasteiger partial charge is 0.493 e. The lowest BCUT2D eigenvalue weighted by molar-refractivity contribution is 0.315. The van der Waals surface area contributed by atoms with Crippen LogP contribution in [-0.2, 0) is 6.42 Å². The molecule has 0 spiro atoms. The first-order valence-electron chi connectivity index (χ1n) is 6.77. The van der Waals surface area contributed by atoms with Crippen LogP contribution in [0.4, 0.5) is 0 Å². The van der Waals surface area contributed by atoms with Crippen LogP contribution in [0.3, 0.4) is 0 Å². The zero-order valence-electron chi connectivity index (χ0n) is 11.6. The average molecular weight is 275 g/mol. The molecule has 3 heteroatoms. The van der Waals surface area contributed by atoms with Gasteiger partial charge in [-0.1, -0.05) is 25.1 Å². The molecule has 2 rings (SSSR count). The zero-order chi connectivity index (χ0) is 13.5. The predicted octanol–water partition coefficient (Wildman–Crippen LogP) is 4.04. The lowest BCUT2D eigenvalue weighted by atomic mass is 10.1. The van der Waals surface area contributed by atoms with Gasteiger partial charge in [0.15, 0.2) is 0 Å². The molecular formula is C16H21NOS. The summed E-state index contributed by atoms with van der Waals surface area (Å²) in [6.45, 7) is 5.98. The number of ether oxygens (including phenoxy) is 1. The van der Waals surface area contributed by atoms with Gasteiger partial charge in [-0.05, 0) is 41.9 Å². The highest BCUT2D eigenvalue weighted by molar-refractivity contribution is 7.07. The fourth-order valence-electron chi connectivity index (χ4n) is 2.10. The fourth-order valence-corrected chi connectivity index (χ4v) is 2.80. The van der Waals surface area contributed by atoms with E-state index in [1.54, 1.807) is 11.3 Å². The van der Waals surface area contributed by atoms with E-state index in [2.05, 4.69) is 54.2 Å². The van der Waals surface area contributed by atoms with E-state index in [0.29, 0.717) is 6.04 Å². The third-order valence-corrected chi connectivity index (χ3v) is 3.86. The number of benzene rings is 1. The summed E-state index contributed by atoms with van der Waals surface area (Å²) in [5.41, 5.74) is 2.58. The molecule has 0 fully saturated rings. The Labute approximate surface area is 119 Å². The van der Waals surface area contributed by atoms with Crippen LogP contribution in [0.25, 0.3) is 0 Å². The molecule has 0 aliphatic carbocycles. The Morgan fingerprint density at radius 2 is 2.11 bits per heavy atom. The fraction of sp³-hybridized carbons (Fsp3) is 0.375. The van der Waals surface area contributed by atoms with Gasteiger partial charge in [-0.15, -0.1) is 0 Å². The zero-order valence-corrected chi connectivity index (χ0v) is 12.4. The Bertz CT molecular complexity index is 481. The van der Waals surface area contributed by atoms with Gasteiger partial charge >= 0.3 is 0 Å². The average Bonchev–Trinajstić information content (AvgIpc) is 2.93. The van der Waals surface area contributed by atoms with Gasteiger partial charge in [-0.25, -0.2) is 0 Å². The van der Waals surface area contributed by atoms with Crippen molar-refractivity contribution in [2.75, 3.05) is 13.2 Å². The van der Waals surface area contributed by atoms with Gasteiger partial charge in [0.05, 0.1) is 6.61 Å². The highest BCUT2D eigenvalue weighted by atomic mass is 32.1. The number of hydrogen-bond acceptors (Lipinski definition) is 3. The van der Waals surface area contributed by atoms with Crippen LogP contribution in [0.15, 0.2) is 41.1 Å². The second-order valence-corrected chi connectivity index (χ2v) is 5.33. The first-order chi connectivity index (χ1) is 9.31. The summed E-state index contributed by atoms with van der Waals surface area (Å²) in [5, 5.41) is 7.71. The molecule has 0 saturated carbocycles. The molecule has 0 aliphatic rings. The van der Waals surface area contributed by atoms with Crippen molar-refractivity contribution in [3.63, 3.8) is 0 Å². The minimum absolute atomic E-state index is 0.322. The second kappa shape index (κ2) is 7.31. The number of rotatable bonds is 7. The third-order valence-electron chi connectivity index (χ3n) is 3.12. The van der Waals surface area contributed by atoms with E-state index in [9.17, 15) is 0 Å². The van der Waals surface area contributed by atoms with E-state index >= 15 is 0 Å². The normalized spacial score (nSPS) is 12.3. The molecule has 19 heavy (non-hydrogen) atoms. The quantitative estimate of drug-likeness (QED) is 0.823. The van der Waals surface area contributed by atoms with Gasteiger partial charge in [0, 0.05) is 18.0 Å². The molecule has 2 nitrogen and oxygen atoms in total. The van der Waals surface area contributed by atoms with Crippen LogP contribution < -0.4 is 10.1 Å². The monoisotopic (exact) mass is 275 g/mol. The summed E-state index contributed by atoms with van der Waals surface area (Å²) in [4.78, 5) is 0. The predicted molar refractivity (Wildman–Crippen MR) is 82.1 cm³/mol. The van der Waals surface area contributed by atoms with Crippen molar-refractivity contribution in [3.05, 3.63) is 52.2 Å². The van der Waals surface area contributed by atoms with E-state index < -0.39 is 0 Å². The molecule has 1 atom stereocenters. The Morgan fingerprint density at radius 3 is 2.84 bits per heavy atom. The maximum Gasteiger partial charge on any atom is 0.124 e. The van der Waals surface area contributed by atoms with Crippen molar-refractivity contribution in [2.45, 2.75) is 26.3 Å². The summed E-state index contributed by atoms with van der Waals surface area (Å²) in [7, 11) is 0. The molecule has 102 valence electrons. The molecule has 0 bridgehead atoms. The minimum atomic E-state index is 0.322. The molecule has 0 amide bonds. The number of para-hydroxylation sites is 1. The van der Waals surface area contributed by atoms with E-state index in [0.717, 1.165) is 25.3 Å². The molecule has 1 unspecified atom stereocenters. The first-order valence-corrected chi connectivity index (χ1v) is 7.71. The highest BCUT2D eigenvalue weighted by Gasteiger charge is 2.09. The van der Waals surface area contributed by atoms with Crippen LogP contribution in [0.5, 0.6) is 5.75 Å². The van der Waals surface area contributed by atoms with Gasteiger partial charge in [0.25, 0.3) is 0 Å². The van der Waals surface area contributed by atoms with E-state index in [4.69, 9.17) is 4.74 Å². The Morgan fingerprint density at radius 1 is 1.26 bits per heavy atom. The second-order valence-electron chi connectivity index (χ2n) is 4.55. The summed E-state index contributed by atoms with van der Waals surface area (Å²) in [6.07, 6.45) is 0.966. The molecule has 0 aliphatic heterocycles. The van der Waals surface area contributed by atoms with E-state index in [1.165, 1.54) is 11.1 Å². The van der Waals surface area contributed by atoms with Crippen LogP contribution in [-0.4, -0.2) is 13.2 Å². The summed E-state index contributed by atoms with van der Waals surface area (Å²) in [6, 6.07) is 10.8. The van der Waals surface area contributed by atoms with Crippen molar-refractivity contribution in [1.82, 2.24) is 5.32 Å². The molecule has 1 aromatic heterocycles. The molecule has 1 aromatic carbocycles. The van der Waals surface area contributed by atoms with Crippen LogP contribution in [0.2, 0.25) is 0 Å². The van der Waals surface area contributed by atoms with Crippen LogP contribution in [0.1, 0.15) is 31.0 Å². The Hall–Kier alpha value is -1.32. The standard InChI is InChI=1S/C16H21NOS/c1-3-17-13(2)15-6-4-5-7-16(15)18-10-8-14-9-11-19-12-14/h4-7,9,11-13,17H,3,8,10H2,1-2H3. The summed E-state index contributed by atoms with van der Waals surface area (Å²) in [5.74, 6) is 0.992. The maximum absolute atomic E-state index is 5.94. The molecule has 1 N–H and O–H groups in total. The van der Waals surface area contributed by atoms with Gasteiger partial charge < -0.3 is 10.1 Å². The van der Waals surface area contributed by atoms with E-state index in [1.807, 2.05) is 6.07 Å². The van der Waals surface area contributed by atoms with E-state index in [-0.39, 0.29) is 0 Å². The molecule has 1 heterocycles. The first kappa shape index (κ1) is 14.1. The van der Waals surface area contributed by atoms with Gasteiger partial charge in [-0.3, -0.25) is 0 Å². The minimum Gasteiger partial charge on any atom is -0.493 e. The van der Waals surface area contributed by atoms with Crippen molar-refractivity contribution < 1.29 is 4.74 Å². The lowest BCUT2D eigenvalue weighted by Gasteiger charge is -2.17. The van der Waals surface area contributed by atoms with Crippen LogP contribution >= 0.6 is 11.3 Å². The smallest absolute Gasteiger partial charge is 0.124 e. The highest BCUT2D eigenvalue weighted by Crippen LogP contribution is 2.24. The van der Waals surface area contributed by atoms with Gasteiger partial charge in [0.1, 0.15) is 5.75 Å². The van der Waals surface area contributed by atoms with Crippen LogP contribution in [0, 0.1) is 0 Å². The summed E-state index contributed by atoms with van der Waals surface area (Å²) < 4.78 is 5.94. The molecule has 0 radical (unpaired) electrons. The lowest BCUT2D eigenvalue weighted by Crippen LogP contribution is -2.18. The van der Waals surface area contributed by atoms with Crippen molar-refractivity contribution in [3.8, 4) is 5.75 Å². The Balaban J connectivity index is 1.95. The molecular weight excluding hydrogens is 254 g/mol. The Kier molecular flexibility index (Phi) is 5.43. The number of hydrogen-bond donors (Lipinski definition) is 1. The van der Waals surface area contributed by atoms with Crippen molar-refractivity contribution in [1.29, 1.82) is 0 Å². The number of nitrogens with one attached hydrogen (secondary N) is 1. The van der Waals surface area contributed by atoms with Gasteiger partial charge in [0.2, 0.25) is 0 Å². The summed E-state index contributed by atoms with van der Waals surface area (Å²) >= 11 is 1.73. The number of thiophene rings is 1. The molecule has 0 saturated heterocycles. The van der Waals surface area contributed by atoms with Crippen molar-refractivity contribution in [2.24, 2.45) is 0 Å². The SMILES string of the molecule is CCNC(C)c1ccccc1OCCc1ccsc1. The maximum atomic E-state index is 5.94. The third kappa shape index (κ3) is 4.08. The molecule has 2 aromatic rings.